The number of carbonyl (C=O) groups excluding carboxylic acids is 1. The van der Waals surface area contributed by atoms with Crippen molar-refractivity contribution < 1.29 is 9.53 Å². The summed E-state index contributed by atoms with van der Waals surface area (Å²) in [4.78, 5) is 18.3. The van der Waals surface area contributed by atoms with Crippen molar-refractivity contribution in [2.24, 2.45) is 0 Å². The number of rotatable bonds is 5. The molecule has 0 N–H and O–H groups in total. The second kappa shape index (κ2) is 7.47. The van der Waals surface area contributed by atoms with Gasteiger partial charge in [0, 0.05) is 13.1 Å². The SMILES string of the molecule is Cc1cccc(OCCC(=O)N2CCC(n3cncn3)CC2)c1C. The van der Waals surface area contributed by atoms with Crippen LogP contribution in [-0.4, -0.2) is 45.3 Å². The lowest BCUT2D eigenvalue weighted by molar-refractivity contribution is -0.133. The minimum atomic E-state index is 0.164. The molecule has 128 valence electrons. The molecule has 1 aromatic carbocycles. The minimum absolute atomic E-state index is 0.164. The van der Waals surface area contributed by atoms with Gasteiger partial charge in [-0.3, -0.25) is 4.79 Å². The maximum Gasteiger partial charge on any atom is 0.225 e. The standard InChI is InChI=1S/C18H24N4O2/c1-14-4-3-5-17(15(14)2)24-11-8-18(23)21-9-6-16(7-10-21)22-13-19-12-20-22/h3-5,12-13,16H,6-11H2,1-2H3. The van der Waals surface area contributed by atoms with E-state index in [4.69, 9.17) is 4.74 Å². The molecular formula is C18H24N4O2. The van der Waals surface area contributed by atoms with E-state index in [9.17, 15) is 4.79 Å². The Morgan fingerprint density at radius 2 is 2.08 bits per heavy atom. The van der Waals surface area contributed by atoms with Crippen molar-refractivity contribution in [2.75, 3.05) is 19.7 Å². The van der Waals surface area contributed by atoms with Crippen LogP contribution in [0, 0.1) is 13.8 Å². The lowest BCUT2D eigenvalue weighted by atomic mass is 10.1. The van der Waals surface area contributed by atoms with Crippen LogP contribution in [0.2, 0.25) is 0 Å². The monoisotopic (exact) mass is 328 g/mol. The number of hydrogen-bond donors (Lipinski definition) is 0. The van der Waals surface area contributed by atoms with Crippen molar-refractivity contribution in [2.45, 2.75) is 39.2 Å². The van der Waals surface area contributed by atoms with Crippen molar-refractivity contribution in [3.05, 3.63) is 42.0 Å². The fraction of sp³-hybridized carbons (Fsp3) is 0.500. The summed E-state index contributed by atoms with van der Waals surface area (Å²) in [5, 5.41) is 4.19. The van der Waals surface area contributed by atoms with Crippen molar-refractivity contribution in [3.63, 3.8) is 0 Å². The molecule has 1 aliphatic heterocycles. The third kappa shape index (κ3) is 3.75. The van der Waals surface area contributed by atoms with E-state index < -0.39 is 0 Å². The van der Waals surface area contributed by atoms with E-state index in [1.54, 1.807) is 12.7 Å². The summed E-state index contributed by atoms with van der Waals surface area (Å²) in [5.74, 6) is 1.03. The van der Waals surface area contributed by atoms with E-state index in [0.29, 0.717) is 19.1 Å². The number of ether oxygens (including phenoxy) is 1. The highest BCUT2D eigenvalue weighted by atomic mass is 16.5. The summed E-state index contributed by atoms with van der Waals surface area (Å²) in [6, 6.07) is 6.35. The predicted octanol–water partition coefficient (Wildman–Crippen LogP) is 2.53. The van der Waals surface area contributed by atoms with E-state index >= 15 is 0 Å². The van der Waals surface area contributed by atoms with Gasteiger partial charge in [-0.1, -0.05) is 12.1 Å². The molecule has 24 heavy (non-hydrogen) atoms. The minimum Gasteiger partial charge on any atom is -0.493 e. The Labute approximate surface area is 142 Å². The molecule has 3 rings (SSSR count). The molecule has 1 aromatic heterocycles. The van der Waals surface area contributed by atoms with Gasteiger partial charge in [-0.25, -0.2) is 9.67 Å². The first-order chi connectivity index (χ1) is 11.6. The fourth-order valence-electron chi connectivity index (χ4n) is 3.07. The van der Waals surface area contributed by atoms with Crippen LogP contribution in [0.4, 0.5) is 0 Å². The van der Waals surface area contributed by atoms with E-state index in [2.05, 4.69) is 23.1 Å². The Morgan fingerprint density at radius 1 is 1.29 bits per heavy atom. The molecule has 0 aliphatic carbocycles. The average Bonchev–Trinajstić information content (AvgIpc) is 3.13. The van der Waals surface area contributed by atoms with Crippen LogP contribution in [0.15, 0.2) is 30.9 Å². The van der Waals surface area contributed by atoms with Crippen molar-refractivity contribution in [1.29, 1.82) is 0 Å². The number of piperidine rings is 1. The molecule has 0 atom stereocenters. The first-order valence-corrected chi connectivity index (χ1v) is 8.46. The highest BCUT2D eigenvalue weighted by Crippen LogP contribution is 2.22. The molecular weight excluding hydrogens is 304 g/mol. The van der Waals surface area contributed by atoms with Gasteiger partial charge in [0.05, 0.1) is 19.1 Å². The molecule has 0 radical (unpaired) electrons. The molecule has 0 bridgehead atoms. The molecule has 0 saturated carbocycles. The smallest absolute Gasteiger partial charge is 0.225 e. The molecule has 2 heterocycles. The third-order valence-corrected chi connectivity index (χ3v) is 4.76. The number of aromatic nitrogens is 3. The van der Waals surface area contributed by atoms with Crippen molar-refractivity contribution >= 4 is 5.91 Å². The first-order valence-electron chi connectivity index (χ1n) is 8.46. The first kappa shape index (κ1) is 16.5. The number of nitrogens with zero attached hydrogens (tertiary/aromatic N) is 4. The van der Waals surface area contributed by atoms with E-state index in [0.717, 1.165) is 37.2 Å². The van der Waals surface area contributed by atoms with Gasteiger partial charge in [-0.15, -0.1) is 0 Å². The molecule has 1 aliphatic rings. The molecule has 6 heteroatoms. The summed E-state index contributed by atoms with van der Waals surface area (Å²) < 4.78 is 7.68. The zero-order valence-electron chi connectivity index (χ0n) is 14.3. The highest BCUT2D eigenvalue weighted by molar-refractivity contribution is 5.76. The number of carbonyl (C=O) groups is 1. The number of amides is 1. The van der Waals surface area contributed by atoms with E-state index in [1.807, 2.05) is 28.6 Å². The number of hydrogen-bond acceptors (Lipinski definition) is 4. The van der Waals surface area contributed by atoms with Gasteiger partial charge in [0.2, 0.25) is 5.91 Å². The maximum absolute atomic E-state index is 12.3. The van der Waals surface area contributed by atoms with Gasteiger partial charge in [-0.2, -0.15) is 5.10 Å². The van der Waals surface area contributed by atoms with Gasteiger partial charge in [0.25, 0.3) is 0 Å². The summed E-state index contributed by atoms with van der Waals surface area (Å²) in [6.45, 7) is 6.07. The molecule has 1 amide bonds. The lowest BCUT2D eigenvalue weighted by Crippen LogP contribution is -2.39. The summed E-state index contributed by atoms with van der Waals surface area (Å²) in [6.07, 6.45) is 5.57. The lowest BCUT2D eigenvalue weighted by Gasteiger charge is -2.32. The molecule has 1 saturated heterocycles. The zero-order chi connectivity index (χ0) is 16.9. The predicted molar refractivity (Wildman–Crippen MR) is 90.9 cm³/mol. The Balaban J connectivity index is 1.44. The molecule has 0 spiro atoms. The van der Waals surface area contributed by atoms with Crippen LogP contribution in [0.25, 0.3) is 0 Å². The number of likely N-dealkylation sites (tertiary alicyclic amines) is 1. The van der Waals surface area contributed by atoms with Gasteiger partial charge in [-0.05, 0) is 43.9 Å². The third-order valence-electron chi connectivity index (χ3n) is 4.76. The normalized spacial score (nSPS) is 15.5. The van der Waals surface area contributed by atoms with Crippen LogP contribution >= 0.6 is 0 Å². The number of benzene rings is 1. The summed E-state index contributed by atoms with van der Waals surface area (Å²) >= 11 is 0. The van der Waals surface area contributed by atoms with E-state index in [1.165, 1.54) is 5.56 Å². The van der Waals surface area contributed by atoms with Crippen LogP contribution < -0.4 is 4.74 Å². The second-order valence-corrected chi connectivity index (χ2v) is 6.28. The number of aryl methyl sites for hydroxylation is 1. The van der Waals surface area contributed by atoms with Gasteiger partial charge >= 0.3 is 0 Å². The molecule has 0 unspecified atom stereocenters. The van der Waals surface area contributed by atoms with Crippen molar-refractivity contribution in [3.8, 4) is 5.75 Å². The van der Waals surface area contributed by atoms with E-state index in [-0.39, 0.29) is 5.91 Å². The Morgan fingerprint density at radius 3 is 2.79 bits per heavy atom. The Kier molecular flexibility index (Phi) is 5.13. The second-order valence-electron chi connectivity index (χ2n) is 6.28. The van der Waals surface area contributed by atoms with Crippen LogP contribution in [0.5, 0.6) is 5.75 Å². The largest absolute Gasteiger partial charge is 0.493 e. The van der Waals surface area contributed by atoms with Gasteiger partial charge < -0.3 is 9.64 Å². The average molecular weight is 328 g/mol. The Bertz CT molecular complexity index is 676. The summed E-state index contributed by atoms with van der Waals surface area (Å²) in [7, 11) is 0. The van der Waals surface area contributed by atoms with Crippen molar-refractivity contribution in [1.82, 2.24) is 19.7 Å². The Hall–Kier alpha value is -2.37. The topological polar surface area (TPSA) is 60.2 Å². The van der Waals surface area contributed by atoms with Gasteiger partial charge in [0.1, 0.15) is 18.4 Å². The van der Waals surface area contributed by atoms with Crippen LogP contribution in [0.1, 0.15) is 36.4 Å². The molecule has 2 aromatic rings. The maximum atomic E-state index is 12.3. The summed E-state index contributed by atoms with van der Waals surface area (Å²) in [5.41, 5.74) is 2.34. The highest BCUT2D eigenvalue weighted by Gasteiger charge is 2.24. The fourth-order valence-corrected chi connectivity index (χ4v) is 3.07. The zero-order valence-corrected chi connectivity index (χ0v) is 14.3. The molecule has 1 fully saturated rings. The van der Waals surface area contributed by atoms with Crippen LogP contribution in [-0.2, 0) is 4.79 Å². The van der Waals surface area contributed by atoms with Crippen LogP contribution in [0.3, 0.4) is 0 Å². The molecule has 6 nitrogen and oxygen atoms in total. The van der Waals surface area contributed by atoms with Gasteiger partial charge in [0.15, 0.2) is 0 Å². The quantitative estimate of drug-likeness (QED) is 0.846.